The number of rotatable bonds is 1. The molecule has 4 nitrogen and oxygen atoms in total. The minimum Gasteiger partial charge on any atom is -0.359 e. The largest absolute Gasteiger partial charge is 0.359 e. The van der Waals surface area contributed by atoms with Crippen LogP contribution in [0.2, 0.25) is 0 Å². The summed E-state index contributed by atoms with van der Waals surface area (Å²) >= 11 is 4.99. The third-order valence-electron chi connectivity index (χ3n) is 1.81. The summed E-state index contributed by atoms with van der Waals surface area (Å²) in [5.41, 5.74) is 6.14. The molecule has 1 saturated heterocycles. The molecule has 0 amide bonds. The average Bonchev–Trinajstić information content (AvgIpc) is 2.48. The third-order valence-corrected chi connectivity index (χ3v) is 2.10. The molecule has 1 heterocycles. The van der Waals surface area contributed by atoms with Crippen LogP contribution in [0.4, 0.5) is 5.69 Å². The van der Waals surface area contributed by atoms with Gasteiger partial charge in [0.1, 0.15) is 0 Å². The number of hydrogen-bond donors (Lipinski definition) is 3. The molecule has 0 radical (unpaired) electrons. The monoisotopic (exact) mass is 195 g/mol. The number of benzene rings is 1. The summed E-state index contributed by atoms with van der Waals surface area (Å²) in [5, 5.41) is 9.95. The van der Waals surface area contributed by atoms with Crippen molar-refractivity contribution in [3.05, 3.63) is 30.3 Å². The van der Waals surface area contributed by atoms with Crippen molar-refractivity contribution in [1.82, 2.24) is 10.9 Å². The molecule has 1 aliphatic heterocycles. The Morgan fingerprint density at radius 1 is 1.31 bits per heavy atom. The second-order valence-corrected chi connectivity index (χ2v) is 3.04. The maximum absolute atomic E-state index is 9.48. The lowest BCUT2D eigenvalue weighted by atomic mass is 10.3. The van der Waals surface area contributed by atoms with Gasteiger partial charge in [-0.3, -0.25) is 10.3 Å². The van der Waals surface area contributed by atoms with E-state index >= 15 is 0 Å². The van der Waals surface area contributed by atoms with Crippen molar-refractivity contribution in [3.63, 3.8) is 0 Å². The Labute approximate surface area is 81.1 Å². The van der Waals surface area contributed by atoms with Gasteiger partial charge in [-0.05, 0) is 24.4 Å². The average molecular weight is 195 g/mol. The minimum atomic E-state index is -0.796. The molecule has 1 atom stereocenters. The van der Waals surface area contributed by atoms with Crippen LogP contribution in [0, 0.1) is 0 Å². The first-order chi connectivity index (χ1) is 6.29. The summed E-state index contributed by atoms with van der Waals surface area (Å²) in [6.07, 6.45) is -0.796. The van der Waals surface area contributed by atoms with Crippen molar-refractivity contribution in [2.45, 2.75) is 6.35 Å². The smallest absolute Gasteiger partial charge is 0.207 e. The van der Waals surface area contributed by atoms with Crippen LogP contribution in [0.25, 0.3) is 0 Å². The molecule has 0 spiro atoms. The van der Waals surface area contributed by atoms with Crippen LogP contribution in [-0.4, -0.2) is 16.6 Å². The zero-order valence-corrected chi connectivity index (χ0v) is 7.58. The molecular weight excluding hydrogens is 186 g/mol. The number of nitrogens with zero attached hydrogens (tertiary/aromatic N) is 1. The van der Waals surface area contributed by atoms with Gasteiger partial charge in [-0.15, -0.1) is 0 Å². The number of hydrazine groups is 1. The molecule has 1 aliphatic rings. The molecular formula is C8H9N3OS. The van der Waals surface area contributed by atoms with Gasteiger partial charge in [-0.2, -0.15) is 5.43 Å². The molecule has 3 N–H and O–H groups in total. The molecule has 1 aromatic rings. The normalized spacial score (nSPS) is 21.8. The predicted octanol–water partition coefficient (Wildman–Crippen LogP) is 0.162. The first kappa shape index (κ1) is 8.43. The Kier molecular flexibility index (Phi) is 2.13. The van der Waals surface area contributed by atoms with Crippen LogP contribution < -0.4 is 15.8 Å². The van der Waals surface area contributed by atoms with Crippen LogP contribution in [0.5, 0.6) is 0 Å². The Morgan fingerprint density at radius 2 is 2.00 bits per heavy atom. The highest BCUT2D eigenvalue weighted by atomic mass is 32.1. The predicted molar refractivity (Wildman–Crippen MR) is 53.8 cm³/mol. The number of para-hydroxylation sites is 1. The molecule has 0 bridgehead atoms. The minimum absolute atomic E-state index is 0.471. The topological polar surface area (TPSA) is 47.5 Å². The van der Waals surface area contributed by atoms with Crippen LogP contribution >= 0.6 is 12.2 Å². The van der Waals surface area contributed by atoms with Gasteiger partial charge in [0.2, 0.25) is 6.35 Å². The van der Waals surface area contributed by atoms with Gasteiger partial charge in [0.25, 0.3) is 0 Å². The van der Waals surface area contributed by atoms with Gasteiger partial charge in [-0.25, -0.2) is 0 Å². The highest BCUT2D eigenvalue weighted by molar-refractivity contribution is 7.80. The summed E-state index contributed by atoms with van der Waals surface area (Å²) in [6.45, 7) is 0. The highest BCUT2D eigenvalue weighted by Crippen LogP contribution is 2.16. The lowest BCUT2D eigenvalue weighted by molar-refractivity contribution is 0.156. The first-order valence-corrected chi connectivity index (χ1v) is 4.28. The van der Waals surface area contributed by atoms with E-state index in [-0.39, 0.29) is 0 Å². The molecule has 1 unspecified atom stereocenters. The van der Waals surface area contributed by atoms with Crippen molar-refractivity contribution >= 4 is 23.0 Å². The number of hydrogen-bond acceptors (Lipinski definition) is 3. The summed E-state index contributed by atoms with van der Waals surface area (Å²) in [7, 11) is 0. The molecule has 1 fully saturated rings. The number of nitrogens with one attached hydrogen (secondary N) is 2. The van der Waals surface area contributed by atoms with Crippen molar-refractivity contribution in [2.24, 2.45) is 0 Å². The molecule has 13 heavy (non-hydrogen) atoms. The van der Waals surface area contributed by atoms with Crippen molar-refractivity contribution in [2.75, 3.05) is 4.90 Å². The molecule has 0 aromatic heterocycles. The molecule has 68 valence electrons. The number of aliphatic hydroxyl groups excluding tert-OH is 1. The Balaban J connectivity index is 2.30. The van der Waals surface area contributed by atoms with E-state index in [4.69, 9.17) is 12.2 Å². The molecule has 0 aliphatic carbocycles. The maximum atomic E-state index is 9.48. The van der Waals surface area contributed by atoms with E-state index in [9.17, 15) is 5.11 Å². The van der Waals surface area contributed by atoms with E-state index in [1.807, 2.05) is 30.3 Å². The number of anilines is 1. The lowest BCUT2D eigenvalue weighted by Gasteiger charge is -2.19. The summed E-state index contributed by atoms with van der Waals surface area (Å²) in [6, 6.07) is 9.45. The Hall–Kier alpha value is -1.17. The van der Waals surface area contributed by atoms with Crippen LogP contribution in [-0.2, 0) is 0 Å². The molecule has 0 saturated carbocycles. The summed E-state index contributed by atoms with van der Waals surface area (Å²) in [4.78, 5) is 1.59. The van der Waals surface area contributed by atoms with Crippen molar-refractivity contribution in [3.8, 4) is 0 Å². The van der Waals surface area contributed by atoms with Crippen molar-refractivity contribution in [1.29, 1.82) is 0 Å². The zero-order valence-electron chi connectivity index (χ0n) is 6.77. The zero-order chi connectivity index (χ0) is 9.26. The van der Waals surface area contributed by atoms with Crippen LogP contribution in [0.1, 0.15) is 0 Å². The van der Waals surface area contributed by atoms with Crippen LogP contribution in [0.15, 0.2) is 30.3 Å². The maximum Gasteiger partial charge on any atom is 0.207 e. The summed E-state index contributed by atoms with van der Waals surface area (Å²) < 4.78 is 0. The summed E-state index contributed by atoms with van der Waals surface area (Å²) in [5.74, 6) is 0. The second kappa shape index (κ2) is 3.29. The van der Waals surface area contributed by atoms with E-state index in [2.05, 4.69) is 10.9 Å². The van der Waals surface area contributed by atoms with E-state index in [1.165, 1.54) is 0 Å². The van der Waals surface area contributed by atoms with Gasteiger partial charge < -0.3 is 5.11 Å². The van der Waals surface area contributed by atoms with Crippen LogP contribution in [0.3, 0.4) is 0 Å². The van der Waals surface area contributed by atoms with Gasteiger partial charge >= 0.3 is 0 Å². The lowest BCUT2D eigenvalue weighted by Crippen LogP contribution is -2.36. The third kappa shape index (κ3) is 1.49. The quantitative estimate of drug-likeness (QED) is 0.557. The Morgan fingerprint density at radius 3 is 2.54 bits per heavy atom. The number of aliphatic hydroxyl groups is 1. The molecule has 2 rings (SSSR count). The van der Waals surface area contributed by atoms with Gasteiger partial charge in [0, 0.05) is 5.69 Å². The fourth-order valence-electron chi connectivity index (χ4n) is 1.21. The van der Waals surface area contributed by atoms with E-state index in [0.717, 1.165) is 5.69 Å². The molecule has 5 heteroatoms. The molecule has 1 aromatic carbocycles. The first-order valence-electron chi connectivity index (χ1n) is 3.87. The Bertz CT molecular complexity index is 316. The number of thiocarbonyl (C=S) groups is 1. The SMILES string of the molecule is OC1NNC(=S)N1c1ccccc1. The standard InChI is InChI=1S/C8H9N3OS/c12-7-9-10-8(13)11(7)6-4-2-1-3-5-6/h1-5,7,9,12H,(H,10,13). The van der Waals surface area contributed by atoms with Gasteiger partial charge in [0.15, 0.2) is 5.11 Å². The highest BCUT2D eigenvalue weighted by Gasteiger charge is 2.26. The fourth-order valence-corrected chi connectivity index (χ4v) is 1.47. The van der Waals surface area contributed by atoms with Gasteiger partial charge in [-0.1, -0.05) is 18.2 Å². The van der Waals surface area contributed by atoms with Gasteiger partial charge in [0.05, 0.1) is 0 Å². The fraction of sp³-hybridized carbons (Fsp3) is 0.125. The van der Waals surface area contributed by atoms with Crippen molar-refractivity contribution < 1.29 is 5.11 Å². The van der Waals surface area contributed by atoms with E-state index < -0.39 is 6.35 Å². The van der Waals surface area contributed by atoms with E-state index in [0.29, 0.717) is 5.11 Å². The van der Waals surface area contributed by atoms with E-state index in [1.54, 1.807) is 4.90 Å². The second-order valence-electron chi connectivity index (χ2n) is 2.65.